The van der Waals surface area contributed by atoms with Gasteiger partial charge in [0.25, 0.3) is 5.56 Å². The number of methoxy groups -OCH3 is 1. The molecule has 0 aliphatic heterocycles. The predicted octanol–water partition coefficient (Wildman–Crippen LogP) is 2.91. The SMILES string of the molecule is COCCn1c(O)c(C(=O)c2ccc(C(C)(C)C)cc2)c(C)c(C#N)c1=O. The Bertz CT molecular complexity index is 958. The molecule has 1 heterocycles. The van der Waals surface area contributed by atoms with E-state index in [2.05, 4.69) is 20.8 Å². The Morgan fingerprint density at radius 1 is 1.26 bits per heavy atom. The van der Waals surface area contributed by atoms with Crippen molar-refractivity contribution >= 4 is 5.78 Å². The molecule has 0 saturated carbocycles. The number of benzene rings is 1. The highest BCUT2D eigenvalue weighted by molar-refractivity contribution is 6.11. The number of pyridine rings is 1. The molecule has 0 radical (unpaired) electrons. The van der Waals surface area contributed by atoms with Gasteiger partial charge >= 0.3 is 0 Å². The number of nitrogens with zero attached hydrogens (tertiary/aromatic N) is 2. The molecule has 0 amide bonds. The first-order valence-corrected chi connectivity index (χ1v) is 8.64. The fourth-order valence-electron chi connectivity index (χ4n) is 2.88. The summed E-state index contributed by atoms with van der Waals surface area (Å²) in [5.41, 5.74) is 0.748. The third kappa shape index (κ3) is 3.93. The van der Waals surface area contributed by atoms with Crippen LogP contribution in [0.1, 0.15) is 53.4 Å². The number of carbonyl (C=O) groups excluding carboxylic acids is 1. The molecule has 0 fully saturated rings. The topological polar surface area (TPSA) is 92.3 Å². The molecule has 0 bridgehead atoms. The zero-order valence-corrected chi connectivity index (χ0v) is 16.3. The zero-order valence-electron chi connectivity index (χ0n) is 16.3. The second kappa shape index (κ2) is 7.77. The maximum atomic E-state index is 13.0. The van der Waals surface area contributed by atoms with Gasteiger partial charge in [-0.3, -0.25) is 14.2 Å². The lowest BCUT2D eigenvalue weighted by atomic mass is 9.86. The van der Waals surface area contributed by atoms with Crippen molar-refractivity contribution in [3.8, 4) is 11.9 Å². The van der Waals surface area contributed by atoms with Gasteiger partial charge in [0.2, 0.25) is 5.88 Å². The highest BCUT2D eigenvalue weighted by atomic mass is 16.5. The Morgan fingerprint density at radius 2 is 1.85 bits per heavy atom. The molecule has 2 aromatic rings. The van der Waals surface area contributed by atoms with Crippen LogP contribution < -0.4 is 5.56 Å². The van der Waals surface area contributed by atoms with Gasteiger partial charge < -0.3 is 9.84 Å². The van der Waals surface area contributed by atoms with Crippen LogP contribution in [0.5, 0.6) is 5.88 Å². The molecule has 0 unspecified atom stereocenters. The molecule has 0 atom stereocenters. The van der Waals surface area contributed by atoms with Crippen LogP contribution in [-0.2, 0) is 16.7 Å². The van der Waals surface area contributed by atoms with Gasteiger partial charge in [0.1, 0.15) is 11.6 Å². The van der Waals surface area contributed by atoms with E-state index in [4.69, 9.17) is 4.74 Å². The average molecular weight is 368 g/mol. The second-order valence-corrected chi connectivity index (χ2v) is 7.42. The first-order chi connectivity index (χ1) is 12.6. The first kappa shape index (κ1) is 20.4. The largest absolute Gasteiger partial charge is 0.494 e. The van der Waals surface area contributed by atoms with E-state index in [-0.39, 0.29) is 35.3 Å². The molecular formula is C21H24N2O4. The predicted molar refractivity (Wildman–Crippen MR) is 102 cm³/mol. The van der Waals surface area contributed by atoms with Gasteiger partial charge in [-0.2, -0.15) is 5.26 Å². The molecular weight excluding hydrogens is 344 g/mol. The summed E-state index contributed by atoms with van der Waals surface area (Å²) in [6, 6.07) is 8.97. The summed E-state index contributed by atoms with van der Waals surface area (Å²) in [6.07, 6.45) is 0. The lowest BCUT2D eigenvalue weighted by Crippen LogP contribution is -2.28. The number of ketones is 1. The Kier molecular flexibility index (Phi) is 5.87. The van der Waals surface area contributed by atoms with Gasteiger partial charge in [0.05, 0.1) is 18.7 Å². The molecule has 2 rings (SSSR count). The highest BCUT2D eigenvalue weighted by Gasteiger charge is 2.25. The van der Waals surface area contributed by atoms with Crippen molar-refractivity contribution in [2.45, 2.75) is 39.7 Å². The number of hydrogen-bond acceptors (Lipinski definition) is 5. The number of hydrogen-bond donors (Lipinski definition) is 1. The number of ether oxygens (including phenoxy) is 1. The lowest BCUT2D eigenvalue weighted by molar-refractivity contribution is 0.103. The smallest absolute Gasteiger partial charge is 0.271 e. The minimum Gasteiger partial charge on any atom is -0.494 e. The van der Waals surface area contributed by atoms with Crippen molar-refractivity contribution in [3.63, 3.8) is 0 Å². The van der Waals surface area contributed by atoms with Crippen LogP contribution in [0.15, 0.2) is 29.1 Å². The van der Waals surface area contributed by atoms with Gasteiger partial charge in [-0.15, -0.1) is 0 Å². The third-order valence-corrected chi connectivity index (χ3v) is 4.56. The molecule has 1 aromatic carbocycles. The number of rotatable bonds is 5. The maximum absolute atomic E-state index is 13.0. The van der Waals surface area contributed by atoms with E-state index in [9.17, 15) is 20.0 Å². The highest BCUT2D eigenvalue weighted by Crippen LogP contribution is 2.27. The van der Waals surface area contributed by atoms with Gasteiger partial charge in [-0.1, -0.05) is 45.0 Å². The summed E-state index contributed by atoms with van der Waals surface area (Å²) in [6.45, 7) is 7.92. The van der Waals surface area contributed by atoms with E-state index < -0.39 is 17.2 Å². The van der Waals surface area contributed by atoms with Crippen molar-refractivity contribution in [2.75, 3.05) is 13.7 Å². The monoisotopic (exact) mass is 368 g/mol. The molecule has 0 aliphatic rings. The fourth-order valence-corrected chi connectivity index (χ4v) is 2.88. The van der Waals surface area contributed by atoms with Crippen LogP contribution in [-0.4, -0.2) is 29.2 Å². The number of nitriles is 1. The Hall–Kier alpha value is -2.91. The van der Waals surface area contributed by atoms with Gasteiger partial charge in [0, 0.05) is 12.7 Å². The van der Waals surface area contributed by atoms with Crippen molar-refractivity contribution in [1.82, 2.24) is 4.57 Å². The summed E-state index contributed by atoms with van der Waals surface area (Å²) < 4.78 is 5.96. The number of aromatic hydroxyl groups is 1. The zero-order chi connectivity index (χ0) is 20.4. The van der Waals surface area contributed by atoms with Gasteiger partial charge in [0.15, 0.2) is 5.78 Å². The first-order valence-electron chi connectivity index (χ1n) is 8.64. The fraction of sp³-hybridized carbons (Fsp3) is 0.381. The Labute approximate surface area is 158 Å². The van der Waals surface area contributed by atoms with Crippen molar-refractivity contribution in [1.29, 1.82) is 5.26 Å². The standard InChI is InChI=1S/C21H24N2O4/c1-13-16(12-22)19(25)23(10-11-27-5)20(26)17(13)18(24)14-6-8-15(9-7-14)21(2,3)4/h6-9,26H,10-11H2,1-5H3. The minimum absolute atomic E-state index is 0.0363. The van der Waals surface area contributed by atoms with Crippen LogP contribution in [0, 0.1) is 18.3 Å². The van der Waals surface area contributed by atoms with Crippen molar-refractivity contribution in [3.05, 3.63) is 62.4 Å². The quantitative estimate of drug-likeness (QED) is 0.819. The summed E-state index contributed by atoms with van der Waals surface area (Å²) >= 11 is 0. The minimum atomic E-state index is -0.635. The molecule has 6 nitrogen and oxygen atoms in total. The molecule has 0 aliphatic carbocycles. The van der Waals surface area contributed by atoms with E-state index in [1.165, 1.54) is 14.0 Å². The second-order valence-electron chi connectivity index (χ2n) is 7.42. The van der Waals surface area contributed by atoms with Crippen molar-refractivity contribution < 1.29 is 14.6 Å². The van der Waals surface area contributed by atoms with E-state index >= 15 is 0 Å². The molecule has 6 heteroatoms. The normalized spacial score (nSPS) is 11.3. The maximum Gasteiger partial charge on any atom is 0.271 e. The molecule has 27 heavy (non-hydrogen) atoms. The van der Waals surface area contributed by atoms with Gasteiger partial charge in [-0.05, 0) is 23.5 Å². The summed E-state index contributed by atoms with van der Waals surface area (Å²) in [5, 5.41) is 19.9. The summed E-state index contributed by atoms with van der Waals surface area (Å²) in [7, 11) is 1.46. The Balaban J connectivity index is 2.62. The third-order valence-electron chi connectivity index (χ3n) is 4.56. The summed E-state index contributed by atoms with van der Waals surface area (Å²) in [5.74, 6) is -0.883. The molecule has 142 valence electrons. The van der Waals surface area contributed by atoms with E-state index in [1.807, 2.05) is 18.2 Å². The van der Waals surface area contributed by atoms with Gasteiger partial charge in [-0.25, -0.2) is 0 Å². The molecule has 0 saturated heterocycles. The Morgan fingerprint density at radius 3 is 2.33 bits per heavy atom. The number of aromatic nitrogens is 1. The number of carbonyl (C=O) groups is 1. The molecule has 0 spiro atoms. The molecule has 1 N–H and O–H groups in total. The van der Waals surface area contributed by atoms with E-state index in [0.717, 1.165) is 10.1 Å². The van der Waals surface area contributed by atoms with E-state index in [1.54, 1.807) is 12.1 Å². The lowest BCUT2D eigenvalue weighted by Gasteiger charge is -2.19. The average Bonchev–Trinajstić information content (AvgIpc) is 2.61. The summed E-state index contributed by atoms with van der Waals surface area (Å²) in [4.78, 5) is 25.5. The molecule has 1 aromatic heterocycles. The van der Waals surface area contributed by atoms with Crippen LogP contribution >= 0.6 is 0 Å². The van der Waals surface area contributed by atoms with Crippen LogP contribution in [0.25, 0.3) is 0 Å². The van der Waals surface area contributed by atoms with Crippen molar-refractivity contribution in [2.24, 2.45) is 0 Å². The van der Waals surface area contributed by atoms with Crippen LogP contribution in [0.2, 0.25) is 0 Å². The van der Waals surface area contributed by atoms with Crippen LogP contribution in [0.3, 0.4) is 0 Å². The van der Waals surface area contributed by atoms with E-state index in [0.29, 0.717) is 5.56 Å². The van der Waals surface area contributed by atoms with Crippen LogP contribution in [0.4, 0.5) is 0 Å².